The van der Waals surface area contributed by atoms with Crippen LogP contribution in [-0.2, 0) is 21.4 Å². The van der Waals surface area contributed by atoms with Crippen molar-refractivity contribution in [1.82, 2.24) is 4.31 Å². The van der Waals surface area contributed by atoms with Gasteiger partial charge in [0.25, 0.3) is 0 Å². The van der Waals surface area contributed by atoms with Crippen molar-refractivity contribution in [3.8, 4) is 0 Å². The predicted molar refractivity (Wildman–Crippen MR) is 127 cm³/mol. The van der Waals surface area contributed by atoms with Crippen molar-refractivity contribution >= 4 is 43.5 Å². The van der Waals surface area contributed by atoms with Gasteiger partial charge in [0.15, 0.2) is 0 Å². The third kappa shape index (κ3) is 6.03. The van der Waals surface area contributed by atoms with Gasteiger partial charge in [-0.1, -0.05) is 45.8 Å². The van der Waals surface area contributed by atoms with Crippen LogP contribution in [0.5, 0.6) is 0 Å². The number of rotatable bonds is 8. The van der Waals surface area contributed by atoms with E-state index in [1.54, 1.807) is 24.3 Å². The molecule has 3 N–H and O–H groups in total. The average molecular weight is 516 g/mol. The Morgan fingerprint density at radius 3 is 2.09 bits per heavy atom. The standard InChI is InChI=1S/C23H22BrN3O4S/c1-16-2-12-21(13-3-16)32(30,31)27(14-17-4-8-19(24)9-5-17)15-22(28)26-20-10-6-18(7-11-20)23(25)29/h2-13H,14-15H2,1H3,(H2,25,29)(H,26,28). The molecule has 0 saturated carbocycles. The van der Waals surface area contributed by atoms with E-state index < -0.39 is 21.8 Å². The van der Waals surface area contributed by atoms with E-state index in [2.05, 4.69) is 21.2 Å². The van der Waals surface area contributed by atoms with Gasteiger partial charge in [0.1, 0.15) is 0 Å². The van der Waals surface area contributed by atoms with Crippen LogP contribution in [0.3, 0.4) is 0 Å². The van der Waals surface area contributed by atoms with Crippen molar-refractivity contribution in [2.75, 3.05) is 11.9 Å². The van der Waals surface area contributed by atoms with Gasteiger partial charge >= 0.3 is 0 Å². The van der Waals surface area contributed by atoms with Gasteiger partial charge in [0.05, 0.1) is 11.4 Å². The third-order valence-corrected chi connectivity index (χ3v) is 7.04. The highest BCUT2D eigenvalue weighted by Gasteiger charge is 2.27. The van der Waals surface area contributed by atoms with Crippen molar-refractivity contribution in [2.45, 2.75) is 18.4 Å². The summed E-state index contributed by atoms with van der Waals surface area (Å²) in [7, 11) is -3.93. The van der Waals surface area contributed by atoms with Crippen LogP contribution in [0, 0.1) is 6.92 Å². The van der Waals surface area contributed by atoms with Crippen LogP contribution in [0.15, 0.2) is 82.2 Å². The smallest absolute Gasteiger partial charge is 0.248 e. The number of hydrogen-bond donors (Lipinski definition) is 2. The van der Waals surface area contributed by atoms with Crippen LogP contribution in [0.4, 0.5) is 5.69 Å². The molecule has 0 fully saturated rings. The number of amides is 2. The minimum atomic E-state index is -3.93. The molecule has 3 aromatic carbocycles. The molecule has 0 unspecified atom stereocenters. The molecule has 32 heavy (non-hydrogen) atoms. The number of sulfonamides is 1. The van der Waals surface area contributed by atoms with Gasteiger partial charge in [0, 0.05) is 22.3 Å². The number of hydrogen-bond acceptors (Lipinski definition) is 4. The number of halogens is 1. The highest BCUT2D eigenvalue weighted by atomic mass is 79.9. The molecular formula is C23H22BrN3O4S. The summed E-state index contributed by atoms with van der Waals surface area (Å²) in [6.45, 7) is 1.51. The van der Waals surface area contributed by atoms with Gasteiger partial charge in [-0.2, -0.15) is 4.31 Å². The van der Waals surface area contributed by atoms with Gasteiger partial charge in [-0.25, -0.2) is 8.42 Å². The second-order valence-corrected chi connectivity index (χ2v) is 10.1. The molecule has 0 spiro atoms. The summed E-state index contributed by atoms with van der Waals surface area (Å²) in [5.41, 5.74) is 7.63. The Labute approximate surface area is 195 Å². The highest BCUT2D eigenvalue weighted by molar-refractivity contribution is 9.10. The fraction of sp³-hybridized carbons (Fsp3) is 0.130. The summed E-state index contributed by atoms with van der Waals surface area (Å²) in [4.78, 5) is 24.0. The molecule has 3 aromatic rings. The van der Waals surface area contributed by atoms with Crippen LogP contribution in [0.2, 0.25) is 0 Å². The lowest BCUT2D eigenvalue weighted by Gasteiger charge is -2.22. The minimum absolute atomic E-state index is 0.0253. The van der Waals surface area contributed by atoms with Gasteiger partial charge < -0.3 is 11.1 Å². The van der Waals surface area contributed by atoms with E-state index in [1.807, 2.05) is 19.1 Å². The molecule has 7 nitrogen and oxygen atoms in total. The number of anilines is 1. The molecule has 0 heterocycles. The monoisotopic (exact) mass is 515 g/mol. The average Bonchev–Trinajstić information content (AvgIpc) is 2.75. The Morgan fingerprint density at radius 2 is 1.53 bits per heavy atom. The van der Waals surface area contributed by atoms with Gasteiger partial charge in [0.2, 0.25) is 21.8 Å². The Balaban J connectivity index is 1.84. The first-order valence-electron chi connectivity index (χ1n) is 9.66. The molecule has 9 heteroatoms. The first-order valence-corrected chi connectivity index (χ1v) is 11.9. The van der Waals surface area contributed by atoms with E-state index in [1.165, 1.54) is 36.4 Å². The van der Waals surface area contributed by atoms with E-state index >= 15 is 0 Å². The largest absolute Gasteiger partial charge is 0.366 e. The first kappa shape index (κ1) is 23.6. The maximum atomic E-state index is 13.3. The maximum Gasteiger partial charge on any atom is 0.248 e. The predicted octanol–water partition coefficient (Wildman–Crippen LogP) is 3.69. The Bertz CT molecular complexity index is 1210. The zero-order valence-corrected chi connectivity index (χ0v) is 19.7. The molecule has 3 rings (SSSR count). The van der Waals surface area contributed by atoms with Crippen LogP contribution in [-0.4, -0.2) is 31.1 Å². The van der Waals surface area contributed by atoms with Crippen molar-refractivity contribution in [1.29, 1.82) is 0 Å². The summed E-state index contributed by atoms with van der Waals surface area (Å²) >= 11 is 3.36. The minimum Gasteiger partial charge on any atom is -0.366 e. The second kappa shape index (κ2) is 10.1. The Morgan fingerprint density at radius 1 is 0.938 bits per heavy atom. The van der Waals surface area contributed by atoms with E-state index in [0.29, 0.717) is 11.3 Å². The van der Waals surface area contributed by atoms with Crippen molar-refractivity contribution in [3.63, 3.8) is 0 Å². The lowest BCUT2D eigenvalue weighted by Crippen LogP contribution is -2.37. The van der Waals surface area contributed by atoms with Crippen LogP contribution >= 0.6 is 15.9 Å². The van der Waals surface area contributed by atoms with Crippen LogP contribution in [0.25, 0.3) is 0 Å². The summed E-state index contributed by atoms with van der Waals surface area (Å²) in [6.07, 6.45) is 0. The number of primary amides is 1. The molecule has 0 radical (unpaired) electrons. The SMILES string of the molecule is Cc1ccc(S(=O)(=O)N(CC(=O)Nc2ccc(C(N)=O)cc2)Cc2ccc(Br)cc2)cc1. The van der Waals surface area contributed by atoms with Crippen LogP contribution < -0.4 is 11.1 Å². The maximum absolute atomic E-state index is 13.3. The number of nitrogens with one attached hydrogen (secondary N) is 1. The summed E-state index contributed by atoms with van der Waals surface area (Å²) in [6, 6.07) is 19.7. The lowest BCUT2D eigenvalue weighted by atomic mass is 10.2. The van der Waals surface area contributed by atoms with E-state index in [-0.39, 0.29) is 18.0 Å². The number of nitrogens with zero attached hydrogens (tertiary/aromatic N) is 1. The number of benzene rings is 3. The fourth-order valence-electron chi connectivity index (χ4n) is 2.96. The number of carbonyl (C=O) groups excluding carboxylic acids is 2. The molecule has 0 aliphatic heterocycles. The quantitative estimate of drug-likeness (QED) is 0.476. The molecule has 0 aliphatic rings. The Kier molecular flexibility index (Phi) is 7.44. The summed E-state index contributed by atoms with van der Waals surface area (Å²) in [5, 5.41) is 2.66. The highest BCUT2D eigenvalue weighted by Crippen LogP contribution is 2.20. The normalized spacial score (nSPS) is 11.3. The number of carbonyl (C=O) groups is 2. The molecular weight excluding hydrogens is 494 g/mol. The number of nitrogens with two attached hydrogens (primary N) is 1. The molecule has 0 bridgehead atoms. The van der Waals surface area contributed by atoms with E-state index in [4.69, 9.17) is 5.73 Å². The van der Waals surface area contributed by atoms with Gasteiger partial charge in [-0.15, -0.1) is 0 Å². The fourth-order valence-corrected chi connectivity index (χ4v) is 4.61. The lowest BCUT2D eigenvalue weighted by molar-refractivity contribution is -0.116. The van der Waals surface area contributed by atoms with Crippen molar-refractivity contribution in [2.24, 2.45) is 5.73 Å². The van der Waals surface area contributed by atoms with Crippen molar-refractivity contribution in [3.05, 3.63) is 94.0 Å². The van der Waals surface area contributed by atoms with Crippen LogP contribution in [0.1, 0.15) is 21.5 Å². The third-order valence-electron chi connectivity index (χ3n) is 4.70. The first-order chi connectivity index (χ1) is 15.1. The Hall–Kier alpha value is -3.01. The summed E-state index contributed by atoms with van der Waals surface area (Å²) in [5.74, 6) is -1.09. The number of aryl methyl sites for hydroxylation is 1. The molecule has 0 aliphatic carbocycles. The topological polar surface area (TPSA) is 110 Å². The van der Waals surface area contributed by atoms with Gasteiger partial charge in [-0.05, 0) is 61.0 Å². The molecule has 0 atom stereocenters. The molecule has 0 saturated heterocycles. The van der Waals surface area contributed by atoms with Gasteiger partial charge in [-0.3, -0.25) is 9.59 Å². The zero-order valence-electron chi connectivity index (χ0n) is 17.3. The molecule has 2 amide bonds. The van der Waals surface area contributed by atoms with E-state index in [0.717, 1.165) is 19.9 Å². The van der Waals surface area contributed by atoms with E-state index in [9.17, 15) is 18.0 Å². The second-order valence-electron chi connectivity index (χ2n) is 7.20. The van der Waals surface area contributed by atoms with Crippen molar-refractivity contribution < 1.29 is 18.0 Å². The molecule has 166 valence electrons. The molecule has 0 aromatic heterocycles. The zero-order chi connectivity index (χ0) is 23.3. The summed E-state index contributed by atoms with van der Waals surface area (Å²) < 4.78 is 28.6.